The second kappa shape index (κ2) is 4.37. The summed E-state index contributed by atoms with van der Waals surface area (Å²) in [4.78, 5) is 0.354. The molecule has 1 saturated carbocycles. The molecule has 0 spiro atoms. The van der Waals surface area contributed by atoms with E-state index < -0.39 is 10.0 Å². The van der Waals surface area contributed by atoms with Crippen LogP contribution in [-0.4, -0.2) is 19.3 Å². The van der Waals surface area contributed by atoms with Gasteiger partial charge in [0.05, 0.1) is 4.90 Å². The first-order chi connectivity index (χ1) is 7.88. The van der Waals surface area contributed by atoms with Gasteiger partial charge in [-0.1, -0.05) is 22.0 Å². The molecule has 1 aliphatic carbocycles. The molecule has 0 heterocycles. The second-order valence-electron chi connectivity index (χ2n) is 4.77. The normalized spacial score (nSPS) is 18.1. The number of sulfonamides is 1. The summed E-state index contributed by atoms with van der Waals surface area (Å²) in [7, 11) is -3.39. The zero-order valence-corrected chi connectivity index (χ0v) is 12.4. The molecule has 94 valence electrons. The Bertz CT molecular complexity index is 535. The fourth-order valence-corrected chi connectivity index (χ4v) is 4.07. The van der Waals surface area contributed by atoms with E-state index in [1.165, 1.54) is 0 Å². The van der Waals surface area contributed by atoms with Crippen molar-refractivity contribution in [3.05, 3.63) is 29.3 Å². The lowest BCUT2D eigenvalue weighted by Crippen LogP contribution is -2.38. The Morgan fingerprint density at radius 2 is 1.94 bits per heavy atom. The first-order valence-electron chi connectivity index (χ1n) is 5.56. The molecule has 0 radical (unpaired) electrons. The van der Waals surface area contributed by atoms with Crippen LogP contribution in [-0.2, 0) is 10.0 Å². The molecule has 0 unspecified atom stereocenters. The fourth-order valence-electron chi connectivity index (χ4n) is 1.64. The molecule has 2 rings (SSSR count). The van der Waals surface area contributed by atoms with Gasteiger partial charge in [-0.3, -0.25) is 0 Å². The summed E-state index contributed by atoms with van der Waals surface area (Å²) in [5.74, 6) is 0. The van der Waals surface area contributed by atoms with E-state index in [4.69, 9.17) is 0 Å². The Labute approximate surface area is 111 Å². The van der Waals surface area contributed by atoms with E-state index in [2.05, 4.69) is 20.7 Å². The van der Waals surface area contributed by atoms with E-state index >= 15 is 0 Å². The molecule has 1 aromatic carbocycles. The fraction of sp³-hybridized carbons (Fsp3) is 0.500. The predicted octanol–water partition coefficient (Wildman–Crippen LogP) is 2.51. The van der Waals surface area contributed by atoms with Crippen molar-refractivity contribution in [2.24, 2.45) is 0 Å². The molecule has 0 aliphatic heterocycles. The largest absolute Gasteiger partial charge is 0.241 e. The van der Waals surface area contributed by atoms with E-state index in [-0.39, 0.29) is 5.54 Å². The molecule has 1 N–H and O–H groups in total. The molecule has 5 heteroatoms. The number of halogens is 1. The molecule has 1 fully saturated rings. The molecule has 1 aliphatic rings. The van der Waals surface area contributed by atoms with Gasteiger partial charge in [0.15, 0.2) is 0 Å². The first kappa shape index (κ1) is 13.1. The van der Waals surface area contributed by atoms with Gasteiger partial charge < -0.3 is 0 Å². The molecule has 0 aromatic heterocycles. The van der Waals surface area contributed by atoms with Crippen molar-refractivity contribution in [3.63, 3.8) is 0 Å². The highest BCUT2D eigenvalue weighted by Gasteiger charge is 2.45. The van der Waals surface area contributed by atoms with Crippen LogP contribution in [0.25, 0.3) is 0 Å². The van der Waals surface area contributed by atoms with Crippen molar-refractivity contribution >= 4 is 26.0 Å². The maximum atomic E-state index is 12.2. The second-order valence-corrected chi connectivity index (χ2v) is 7.01. The molecule has 17 heavy (non-hydrogen) atoms. The Kier molecular flexibility index (Phi) is 3.36. The van der Waals surface area contributed by atoms with Gasteiger partial charge in [0.2, 0.25) is 10.0 Å². The van der Waals surface area contributed by atoms with Gasteiger partial charge in [-0.2, -0.15) is 0 Å². The molecular weight excluding hydrogens is 302 g/mol. The molecule has 0 atom stereocenters. The molecule has 0 bridgehead atoms. The third-order valence-corrected chi connectivity index (χ3v) is 5.90. The quantitative estimate of drug-likeness (QED) is 0.867. The van der Waals surface area contributed by atoms with Gasteiger partial charge >= 0.3 is 0 Å². The van der Waals surface area contributed by atoms with Gasteiger partial charge in [0.1, 0.15) is 0 Å². The smallest absolute Gasteiger partial charge is 0.207 e. The average molecular weight is 318 g/mol. The summed E-state index contributed by atoms with van der Waals surface area (Å²) in [6.45, 7) is 3.89. The molecule has 3 nitrogen and oxygen atoms in total. The summed E-state index contributed by atoms with van der Waals surface area (Å²) in [6, 6.07) is 5.23. The maximum absolute atomic E-state index is 12.2. The standard InChI is InChI=1S/C12H16BrNO2S/c1-9-3-4-11(7-10(9)2)17(15,16)14-12(8-13)5-6-12/h3-4,7,14H,5-6,8H2,1-2H3. The number of hydrogen-bond acceptors (Lipinski definition) is 2. The molecule has 0 saturated heterocycles. The summed E-state index contributed by atoms with van der Waals surface area (Å²) in [6.07, 6.45) is 1.81. The summed E-state index contributed by atoms with van der Waals surface area (Å²) < 4.78 is 27.1. The van der Waals surface area contributed by atoms with Crippen molar-refractivity contribution in [2.75, 3.05) is 5.33 Å². The van der Waals surface area contributed by atoms with Gasteiger partial charge in [-0.25, -0.2) is 13.1 Å². The number of hydrogen-bond donors (Lipinski definition) is 1. The van der Waals surface area contributed by atoms with Crippen molar-refractivity contribution in [1.29, 1.82) is 0 Å². The van der Waals surface area contributed by atoms with Crippen LogP contribution in [0, 0.1) is 13.8 Å². The lowest BCUT2D eigenvalue weighted by Gasteiger charge is -2.15. The van der Waals surface area contributed by atoms with Crippen LogP contribution in [0.4, 0.5) is 0 Å². The Hall–Kier alpha value is -0.390. The number of rotatable bonds is 4. The Balaban J connectivity index is 2.29. The van der Waals surface area contributed by atoms with Gasteiger partial charge in [0, 0.05) is 10.9 Å². The lowest BCUT2D eigenvalue weighted by molar-refractivity contribution is 0.561. The van der Waals surface area contributed by atoms with E-state index in [1.54, 1.807) is 12.1 Å². The summed E-state index contributed by atoms with van der Waals surface area (Å²) >= 11 is 3.36. The third-order valence-electron chi connectivity index (χ3n) is 3.25. The minimum absolute atomic E-state index is 0.252. The predicted molar refractivity (Wildman–Crippen MR) is 72.0 cm³/mol. The zero-order valence-electron chi connectivity index (χ0n) is 9.96. The third kappa shape index (κ3) is 2.72. The van der Waals surface area contributed by atoms with Crippen LogP contribution in [0.3, 0.4) is 0 Å². The zero-order chi connectivity index (χ0) is 12.7. The van der Waals surface area contributed by atoms with Gasteiger partial charge in [-0.15, -0.1) is 0 Å². The maximum Gasteiger partial charge on any atom is 0.241 e. The Morgan fingerprint density at radius 3 is 2.41 bits per heavy atom. The lowest BCUT2D eigenvalue weighted by atomic mass is 10.1. The van der Waals surface area contributed by atoms with Crippen LogP contribution in [0.1, 0.15) is 24.0 Å². The van der Waals surface area contributed by atoms with E-state index in [1.807, 2.05) is 19.9 Å². The first-order valence-corrected chi connectivity index (χ1v) is 8.16. The monoisotopic (exact) mass is 317 g/mol. The Morgan fingerprint density at radius 1 is 1.29 bits per heavy atom. The number of aryl methyl sites for hydroxylation is 2. The van der Waals surface area contributed by atoms with Crippen molar-refractivity contribution in [1.82, 2.24) is 4.72 Å². The van der Waals surface area contributed by atoms with Crippen LogP contribution >= 0.6 is 15.9 Å². The van der Waals surface area contributed by atoms with Crippen LogP contribution in [0.15, 0.2) is 23.1 Å². The van der Waals surface area contributed by atoms with Crippen molar-refractivity contribution in [2.45, 2.75) is 37.1 Å². The number of nitrogens with one attached hydrogen (secondary N) is 1. The van der Waals surface area contributed by atoms with E-state index in [9.17, 15) is 8.42 Å². The van der Waals surface area contributed by atoms with Crippen LogP contribution in [0.5, 0.6) is 0 Å². The summed E-state index contributed by atoms with van der Waals surface area (Å²) in [5, 5.41) is 0.671. The minimum atomic E-state index is -3.39. The number of benzene rings is 1. The topological polar surface area (TPSA) is 46.2 Å². The van der Waals surface area contributed by atoms with Crippen LogP contribution < -0.4 is 4.72 Å². The average Bonchev–Trinajstić information content (AvgIpc) is 3.02. The highest BCUT2D eigenvalue weighted by Crippen LogP contribution is 2.38. The van der Waals surface area contributed by atoms with E-state index in [0.29, 0.717) is 10.2 Å². The summed E-state index contributed by atoms with van der Waals surface area (Å²) in [5.41, 5.74) is 1.85. The van der Waals surface area contributed by atoms with Crippen molar-refractivity contribution < 1.29 is 8.42 Å². The van der Waals surface area contributed by atoms with Gasteiger partial charge in [0.25, 0.3) is 0 Å². The van der Waals surface area contributed by atoms with Crippen molar-refractivity contribution in [3.8, 4) is 0 Å². The SMILES string of the molecule is Cc1ccc(S(=O)(=O)NC2(CBr)CC2)cc1C. The molecule has 1 aromatic rings. The molecule has 0 amide bonds. The molecular formula is C12H16BrNO2S. The highest BCUT2D eigenvalue weighted by atomic mass is 79.9. The highest BCUT2D eigenvalue weighted by molar-refractivity contribution is 9.09. The van der Waals surface area contributed by atoms with E-state index in [0.717, 1.165) is 24.0 Å². The van der Waals surface area contributed by atoms with Crippen LogP contribution in [0.2, 0.25) is 0 Å². The minimum Gasteiger partial charge on any atom is -0.207 e. The number of alkyl halides is 1. The van der Waals surface area contributed by atoms with Gasteiger partial charge in [-0.05, 0) is 49.9 Å².